The smallest absolute Gasteiger partial charge is 0.335 e. The number of carbonyl (C=O) groups is 4. The van der Waals surface area contributed by atoms with Crippen LogP contribution in [0.25, 0.3) is 6.08 Å². The molecule has 0 aliphatic carbocycles. The molecule has 0 unspecified atom stereocenters. The number of ether oxygens (including phenoxy) is 1. The number of hydrogen-bond donors (Lipinski definition) is 1. The molecule has 0 saturated carbocycles. The van der Waals surface area contributed by atoms with Crippen LogP contribution in [0.4, 0.5) is 4.79 Å². The van der Waals surface area contributed by atoms with Crippen LogP contribution in [0.2, 0.25) is 0 Å². The van der Waals surface area contributed by atoms with E-state index in [1.807, 2.05) is 6.07 Å². The lowest BCUT2D eigenvalue weighted by atomic mass is 10.1. The molecule has 2 aromatic carbocycles. The molecule has 2 aliphatic heterocycles. The van der Waals surface area contributed by atoms with Gasteiger partial charge >= 0.3 is 5.97 Å². The average molecular weight is 606 g/mol. The van der Waals surface area contributed by atoms with E-state index < -0.39 is 17.1 Å². The van der Waals surface area contributed by atoms with Gasteiger partial charge in [-0.3, -0.25) is 19.3 Å². The van der Waals surface area contributed by atoms with Gasteiger partial charge in [-0.15, -0.1) is 0 Å². The lowest BCUT2D eigenvalue weighted by Crippen LogP contribution is -2.44. The largest absolute Gasteiger partial charge is 0.488 e. The first-order valence-corrected chi connectivity index (χ1v) is 13.0. The van der Waals surface area contributed by atoms with Gasteiger partial charge < -0.3 is 14.7 Å². The number of piperidine rings is 1. The number of amides is 3. The predicted octanol–water partition coefficient (Wildman–Crippen LogP) is 4.62. The summed E-state index contributed by atoms with van der Waals surface area (Å²) in [5, 5.41) is 8.55. The first-order valence-electron chi connectivity index (χ1n) is 11.1. The third kappa shape index (κ3) is 6.23. The number of thioether (sulfide) groups is 1. The summed E-state index contributed by atoms with van der Waals surface area (Å²) in [4.78, 5) is 51.7. The molecule has 8 nitrogen and oxygen atoms in total. The fourth-order valence-corrected chi connectivity index (χ4v) is 5.33. The molecule has 0 spiro atoms. The molecule has 0 radical (unpaired) electrons. The normalized spacial score (nSPS) is 17.2. The van der Waals surface area contributed by atoms with E-state index in [9.17, 15) is 19.2 Å². The molecule has 2 saturated heterocycles. The zero-order chi connectivity index (χ0) is 24.9. The van der Waals surface area contributed by atoms with Gasteiger partial charge in [0.25, 0.3) is 11.1 Å². The van der Waals surface area contributed by atoms with Gasteiger partial charge in [0, 0.05) is 13.1 Å². The number of carboxylic acids is 1. The first kappa shape index (κ1) is 25.2. The van der Waals surface area contributed by atoms with Crippen LogP contribution in [0.3, 0.4) is 0 Å². The Hall–Kier alpha value is -2.86. The van der Waals surface area contributed by atoms with Gasteiger partial charge in [0.05, 0.1) is 14.0 Å². The minimum Gasteiger partial charge on any atom is -0.488 e. The van der Waals surface area contributed by atoms with Crippen LogP contribution in [-0.2, 0) is 16.2 Å². The summed E-state index contributed by atoms with van der Waals surface area (Å²) in [7, 11) is 0. The van der Waals surface area contributed by atoms with Crippen molar-refractivity contribution in [1.82, 2.24) is 9.80 Å². The predicted molar refractivity (Wildman–Crippen MR) is 140 cm³/mol. The van der Waals surface area contributed by atoms with Gasteiger partial charge in [-0.25, -0.2) is 4.79 Å². The summed E-state index contributed by atoms with van der Waals surface area (Å²) in [6.45, 7) is 1.40. The second kappa shape index (κ2) is 11.3. The van der Waals surface area contributed by atoms with Crippen LogP contribution in [0.1, 0.15) is 40.7 Å². The van der Waals surface area contributed by atoms with Crippen molar-refractivity contribution in [2.75, 3.05) is 19.6 Å². The van der Waals surface area contributed by atoms with Crippen molar-refractivity contribution in [3.8, 4) is 5.75 Å². The molecule has 3 amide bonds. The fraction of sp³-hybridized carbons (Fsp3) is 0.280. The van der Waals surface area contributed by atoms with Gasteiger partial charge in [0.15, 0.2) is 0 Å². The van der Waals surface area contributed by atoms with E-state index in [4.69, 9.17) is 9.84 Å². The van der Waals surface area contributed by atoms with Gasteiger partial charge in [0.1, 0.15) is 18.9 Å². The summed E-state index contributed by atoms with van der Waals surface area (Å²) < 4.78 is 6.67. The number of imide groups is 1. The molecule has 182 valence electrons. The molecule has 1 N–H and O–H groups in total. The molecular weight excluding hydrogens is 583 g/mol. The minimum absolute atomic E-state index is 0.193. The number of halogens is 1. The number of hydrogen-bond acceptors (Lipinski definition) is 6. The van der Waals surface area contributed by atoms with E-state index >= 15 is 0 Å². The Morgan fingerprint density at radius 3 is 2.43 bits per heavy atom. The topological polar surface area (TPSA) is 104 Å². The van der Waals surface area contributed by atoms with Crippen LogP contribution in [0.15, 0.2) is 47.4 Å². The Labute approximate surface area is 220 Å². The summed E-state index contributed by atoms with van der Waals surface area (Å²) in [6.07, 6.45) is 4.63. The van der Waals surface area contributed by atoms with E-state index in [0.717, 1.165) is 50.6 Å². The third-order valence-electron chi connectivity index (χ3n) is 5.72. The number of carboxylic acid groups (broad SMARTS) is 1. The second-order valence-corrected chi connectivity index (χ2v) is 10.3. The van der Waals surface area contributed by atoms with E-state index in [1.54, 1.807) is 35.2 Å². The molecule has 0 bridgehead atoms. The van der Waals surface area contributed by atoms with Gasteiger partial charge in [-0.2, -0.15) is 0 Å². The molecule has 0 atom stereocenters. The molecule has 2 fully saturated rings. The highest BCUT2D eigenvalue weighted by molar-refractivity contribution is 14.1. The van der Waals surface area contributed by atoms with Crippen molar-refractivity contribution in [2.45, 2.75) is 25.9 Å². The van der Waals surface area contributed by atoms with Crippen LogP contribution in [0, 0.1) is 3.57 Å². The van der Waals surface area contributed by atoms with Crippen molar-refractivity contribution in [2.24, 2.45) is 0 Å². The minimum atomic E-state index is -0.978. The Morgan fingerprint density at radius 1 is 1.06 bits per heavy atom. The van der Waals surface area contributed by atoms with E-state index in [0.29, 0.717) is 18.8 Å². The highest BCUT2D eigenvalue weighted by atomic mass is 127. The van der Waals surface area contributed by atoms with Crippen molar-refractivity contribution in [1.29, 1.82) is 0 Å². The summed E-state index contributed by atoms with van der Waals surface area (Å²) in [5.74, 6) is -0.980. The molecule has 35 heavy (non-hydrogen) atoms. The number of carbonyl (C=O) groups excluding carboxylic acids is 3. The lowest BCUT2D eigenvalue weighted by Gasteiger charge is -2.27. The van der Waals surface area contributed by atoms with Crippen molar-refractivity contribution >= 4 is 63.5 Å². The van der Waals surface area contributed by atoms with Gasteiger partial charge in [0.2, 0.25) is 5.91 Å². The highest BCUT2D eigenvalue weighted by Gasteiger charge is 2.37. The number of aromatic carboxylic acids is 1. The maximum atomic E-state index is 12.8. The Balaban J connectivity index is 1.38. The van der Waals surface area contributed by atoms with Crippen LogP contribution in [-0.4, -0.2) is 57.6 Å². The van der Waals surface area contributed by atoms with E-state index in [2.05, 4.69) is 22.6 Å². The molecule has 4 rings (SSSR count). The standard InChI is InChI=1S/C25H23IN2O6S/c26-19-12-17(6-9-20(19)34-15-16-4-7-18(8-5-16)24(31)32)13-21-23(30)28(25(33)35-21)14-22(29)27-10-2-1-3-11-27/h4-9,12-13H,1-3,10-11,14-15H2,(H,31,32)/b21-13-. The van der Waals surface area contributed by atoms with Gasteiger partial charge in [-0.1, -0.05) is 18.2 Å². The van der Waals surface area contributed by atoms with Crippen molar-refractivity contribution in [3.05, 3.63) is 67.6 Å². The Kier molecular flexibility index (Phi) is 8.11. The Morgan fingerprint density at radius 2 is 1.77 bits per heavy atom. The maximum Gasteiger partial charge on any atom is 0.335 e. The second-order valence-electron chi connectivity index (χ2n) is 8.19. The summed E-state index contributed by atoms with van der Waals surface area (Å²) in [6, 6.07) is 11.9. The number of nitrogens with zero attached hydrogens (tertiary/aromatic N) is 2. The highest BCUT2D eigenvalue weighted by Crippen LogP contribution is 2.33. The van der Waals surface area contributed by atoms with Crippen molar-refractivity contribution in [3.63, 3.8) is 0 Å². The van der Waals surface area contributed by atoms with Crippen molar-refractivity contribution < 1.29 is 29.0 Å². The lowest BCUT2D eigenvalue weighted by molar-refractivity contribution is -0.136. The average Bonchev–Trinajstić information content (AvgIpc) is 3.11. The third-order valence-corrected chi connectivity index (χ3v) is 7.48. The quantitative estimate of drug-likeness (QED) is 0.363. The summed E-state index contributed by atoms with van der Waals surface area (Å²) >= 11 is 2.97. The zero-order valence-electron chi connectivity index (χ0n) is 18.7. The molecule has 2 heterocycles. The molecule has 2 aromatic rings. The van der Waals surface area contributed by atoms with Crippen LogP contribution >= 0.6 is 34.4 Å². The number of rotatable bonds is 7. The summed E-state index contributed by atoms with van der Waals surface area (Å²) in [5.41, 5.74) is 1.79. The van der Waals surface area contributed by atoms with E-state index in [-0.39, 0.29) is 29.5 Å². The monoisotopic (exact) mass is 606 g/mol. The van der Waals surface area contributed by atoms with E-state index in [1.165, 1.54) is 12.1 Å². The van der Waals surface area contributed by atoms with Crippen LogP contribution in [0.5, 0.6) is 5.75 Å². The fourth-order valence-electron chi connectivity index (χ4n) is 3.79. The molecule has 2 aliphatic rings. The Bertz CT molecular complexity index is 1190. The SMILES string of the molecule is O=C(O)c1ccc(COc2ccc(/C=C3\SC(=O)N(CC(=O)N4CCCCC4)C3=O)cc2I)cc1. The number of benzene rings is 2. The maximum absolute atomic E-state index is 12.8. The molecule has 10 heteroatoms. The first-order chi connectivity index (χ1) is 16.8. The molecular formula is C25H23IN2O6S. The molecule has 0 aromatic heterocycles. The zero-order valence-corrected chi connectivity index (χ0v) is 21.7. The number of likely N-dealkylation sites (tertiary alicyclic amines) is 1. The van der Waals surface area contributed by atoms with Crippen LogP contribution < -0.4 is 4.74 Å². The van der Waals surface area contributed by atoms with Gasteiger partial charge in [-0.05, 0) is 95.1 Å².